The lowest BCUT2D eigenvalue weighted by Crippen LogP contribution is -2.27. The molecule has 0 spiro atoms. The standard InChI is InChI=1S/C31H26ClF2N5O5S/c1-15-9-20(28-26(36-15)22(14-45-28)30(41)42)19-11-18(32)5-6-24(19)43-8-7-39-16(2)37-23-10-17(13-38(3)4)27(44-31(33)34)21(12-35)25(23)29(39)40/h5-6,9-11,14,31H,7-8,13H2,1-4H3,(H,41,42). The van der Waals surface area contributed by atoms with E-state index in [0.717, 1.165) is 0 Å². The first kappa shape index (κ1) is 31.8. The molecule has 0 saturated carbocycles. The van der Waals surface area contributed by atoms with E-state index in [-0.39, 0.29) is 47.5 Å². The molecule has 0 aliphatic rings. The average Bonchev–Trinajstić information content (AvgIpc) is 3.39. The van der Waals surface area contributed by atoms with E-state index in [1.807, 2.05) is 12.1 Å². The maximum atomic E-state index is 13.7. The Morgan fingerprint density at radius 3 is 2.62 bits per heavy atom. The smallest absolute Gasteiger partial charge is 0.387 e. The Balaban J connectivity index is 1.53. The third kappa shape index (κ3) is 6.30. The highest BCUT2D eigenvalue weighted by molar-refractivity contribution is 7.18. The molecule has 2 aromatic carbocycles. The highest BCUT2D eigenvalue weighted by atomic mass is 35.5. The summed E-state index contributed by atoms with van der Waals surface area (Å²) in [5.41, 5.74) is 1.92. The molecule has 14 heteroatoms. The highest BCUT2D eigenvalue weighted by Crippen LogP contribution is 2.40. The summed E-state index contributed by atoms with van der Waals surface area (Å²) in [5.74, 6) is -0.682. The van der Waals surface area contributed by atoms with E-state index in [1.165, 1.54) is 27.4 Å². The van der Waals surface area contributed by atoms with Gasteiger partial charge in [-0.05, 0) is 58.3 Å². The summed E-state index contributed by atoms with van der Waals surface area (Å²) in [6.07, 6.45) is 0. The van der Waals surface area contributed by atoms with Crippen molar-refractivity contribution >= 4 is 50.0 Å². The molecule has 3 aromatic heterocycles. The molecule has 0 atom stereocenters. The molecule has 232 valence electrons. The highest BCUT2D eigenvalue weighted by Gasteiger charge is 2.23. The van der Waals surface area contributed by atoms with Gasteiger partial charge in [-0.25, -0.2) is 9.78 Å². The van der Waals surface area contributed by atoms with Crippen molar-refractivity contribution in [3.05, 3.63) is 79.3 Å². The first-order valence-electron chi connectivity index (χ1n) is 13.5. The number of aromatic carboxylic acids is 1. The molecular weight excluding hydrogens is 628 g/mol. The fourth-order valence-corrected chi connectivity index (χ4v) is 6.34. The van der Waals surface area contributed by atoms with E-state index in [1.54, 1.807) is 51.0 Å². The predicted octanol–water partition coefficient (Wildman–Crippen LogP) is 6.26. The lowest BCUT2D eigenvalue weighted by Gasteiger charge is -2.19. The van der Waals surface area contributed by atoms with Crippen molar-refractivity contribution in [2.45, 2.75) is 33.5 Å². The SMILES string of the molecule is Cc1cc(-c2cc(Cl)ccc2OCCn2c(C)nc3cc(CN(C)C)c(OC(F)F)c(C#N)c3c2=O)c2scc(C(=O)O)c2n1. The summed E-state index contributed by atoms with van der Waals surface area (Å²) in [6, 6.07) is 10.2. The number of carboxylic acid groups (broad SMARTS) is 1. The van der Waals surface area contributed by atoms with Crippen molar-refractivity contribution in [2.24, 2.45) is 0 Å². The van der Waals surface area contributed by atoms with Crippen molar-refractivity contribution in [2.75, 3.05) is 20.7 Å². The molecule has 0 amide bonds. The summed E-state index contributed by atoms with van der Waals surface area (Å²) in [5, 5.41) is 21.4. The third-order valence-corrected chi connectivity index (χ3v) is 8.20. The lowest BCUT2D eigenvalue weighted by atomic mass is 10.0. The number of aromatic nitrogens is 3. The second-order valence-electron chi connectivity index (χ2n) is 10.4. The number of carbonyl (C=O) groups is 1. The van der Waals surface area contributed by atoms with Crippen LogP contribution >= 0.6 is 22.9 Å². The Morgan fingerprint density at radius 1 is 1.20 bits per heavy atom. The largest absolute Gasteiger partial charge is 0.491 e. The van der Waals surface area contributed by atoms with Gasteiger partial charge in [0, 0.05) is 39.3 Å². The van der Waals surface area contributed by atoms with Crippen molar-refractivity contribution in [1.82, 2.24) is 19.4 Å². The molecule has 0 aliphatic carbocycles. The maximum Gasteiger partial charge on any atom is 0.387 e. The Hall–Kier alpha value is -4.64. The van der Waals surface area contributed by atoms with Gasteiger partial charge in [0.1, 0.15) is 35.6 Å². The van der Waals surface area contributed by atoms with Crippen LogP contribution in [0.3, 0.4) is 0 Å². The number of aryl methyl sites for hydroxylation is 2. The van der Waals surface area contributed by atoms with Gasteiger partial charge in [-0.1, -0.05) is 11.6 Å². The minimum absolute atomic E-state index is 0.0119. The predicted molar refractivity (Wildman–Crippen MR) is 167 cm³/mol. The summed E-state index contributed by atoms with van der Waals surface area (Å²) in [4.78, 5) is 36.1. The number of thiophene rings is 1. The second kappa shape index (κ2) is 12.8. The van der Waals surface area contributed by atoms with Crippen molar-refractivity contribution in [3.8, 4) is 28.7 Å². The molecule has 0 unspecified atom stereocenters. The zero-order chi connectivity index (χ0) is 32.6. The summed E-state index contributed by atoms with van der Waals surface area (Å²) >= 11 is 7.59. The van der Waals surface area contributed by atoms with Crippen molar-refractivity contribution in [3.63, 3.8) is 0 Å². The monoisotopic (exact) mass is 653 g/mol. The number of nitrogens with zero attached hydrogens (tertiary/aromatic N) is 5. The molecule has 5 rings (SSSR count). The first-order chi connectivity index (χ1) is 21.4. The van der Waals surface area contributed by atoms with Gasteiger partial charge in [0.05, 0.1) is 33.2 Å². The lowest BCUT2D eigenvalue weighted by molar-refractivity contribution is -0.0508. The topological polar surface area (TPSA) is 131 Å². The van der Waals surface area contributed by atoms with Crippen LogP contribution in [0.4, 0.5) is 8.78 Å². The molecule has 0 saturated heterocycles. The van der Waals surface area contributed by atoms with Crippen molar-refractivity contribution < 1.29 is 28.2 Å². The molecular formula is C31H26ClF2N5O5S. The van der Waals surface area contributed by atoms with E-state index in [0.29, 0.717) is 49.2 Å². The molecule has 1 N–H and O–H groups in total. The van der Waals surface area contributed by atoms with Gasteiger partial charge in [-0.2, -0.15) is 14.0 Å². The van der Waals surface area contributed by atoms with Crippen LogP contribution in [0.15, 0.2) is 40.5 Å². The third-order valence-electron chi connectivity index (χ3n) is 6.96. The quantitative estimate of drug-likeness (QED) is 0.186. The summed E-state index contributed by atoms with van der Waals surface area (Å²) < 4.78 is 39.5. The van der Waals surface area contributed by atoms with Gasteiger partial charge in [-0.15, -0.1) is 11.3 Å². The number of nitriles is 1. The van der Waals surface area contributed by atoms with Gasteiger partial charge >= 0.3 is 12.6 Å². The minimum atomic E-state index is -3.20. The molecule has 0 fully saturated rings. The van der Waals surface area contributed by atoms with Crippen LogP contribution in [0.2, 0.25) is 5.02 Å². The fraction of sp³-hybridized carbons (Fsp3) is 0.258. The van der Waals surface area contributed by atoms with Crippen LogP contribution in [-0.4, -0.2) is 57.8 Å². The van der Waals surface area contributed by atoms with E-state index < -0.39 is 18.1 Å². The average molecular weight is 654 g/mol. The Kier molecular flexibility index (Phi) is 9.01. The van der Waals surface area contributed by atoms with Crippen LogP contribution < -0.4 is 15.0 Å². The number of alkyl halides is 2. The number of carboxylic acids is 1. The van der Waals surface area contributed by atoms with Gasteiger partial charge in [0.2, 0.25) is 0 Å². The number of hydrogen-bond donors (Lipinski definition) is 1. The number of pyridine rings is 1. The number of benzene rings is 2. The molecule has 0 radical (unpaired) electrons. The number of ether oxygens (including phenoxy) is 2. The van der Waals surface area contributed by atoms with Crippen LogP contribution in [-0.2, 0) is 13.1 Å². The van der Waals surface area contributed by atoms with Gasteiger partial charge in [0.15, 0.2) is 0 Å². The van der Waals surface area contributed by atoms with Crippen LogP contribution in [0.5, 0.6) is 11.5 Å². The van der Waals surface area contributed by atoms with E-state index in [2.05, 4.69) is 9.97 Å². The number of halogens is 3. The molecule has 0 aliphatic heterocycles. The number of hydrogen-bond acceptors (Lipinski definition) is 9. The van der Waals surface area contributed by atoms with Crippen LogP contribution in [0.25, 0.3) is 32.2 Å². The van der Waals surface area contributed by atoms with Gasteiger partial charge in [-0.3, -0.25) is 14.3 Å². The van der Waals surface area contributed by atoms with Crippen LogP contribution in [0.1, 0.15) is 33.0 Å². The number of fused-ring (bicyclic) bond motifs is 2. The fourth-order valence-electron chi connectivity index (χ4n) is 5.15. The van der Waals surface area contributed by atoms with E-state index >= 15 is 0 Å². The molecule has 10 nitrogen and oxygen atoms in total. The summed E-state index contributed by atoms with van der Waals surface area (Å²) in [6.45, 7) is 0.368. The molecule has 3 heterocycles. The Morgan fingerprint density at radius 2 is 1.96 bits per heavy atom. The maximum absolute atomic E-state index is 13.7. The van der Waals surface area contributed by atoms with E-state index in [4.69, 9.17) is 21.1 Å². The summed E-state index contributed by atoms with van der Waals surface area (Å²) in [7, 11) is 3.47. The van der Waals surface area contributed by atoms with Crippen molar-refractivity contribution in [1.29, 1.82) is 5.26 Å². The molecule has 45 heavy (non-hydrogen) atoms. The number of rotatable bonds is 10. The van der Waals surface area contributed by atoms with Crippen LogP contribution in [0, 0.1) is 25.2 Å². The Bertz CT molecular complexity index is 2070. The molecule has 5 aromatic rings. The van der Waals surface area contributed by atoms with Gasteiger partial charge < -0.3 is 19.5 Å². The normalized spacial score (nSPS) is 11.5. The van der Waals surface area contributed by atoms with E-state index in [9.17, 15) is 28.7 Å². The first-order valence-corrected chi connectivity index (χ1v) is 14.8. The second-order valence-corrected chi connectivity index (χ2v) is 11.7. The Labute approximate surface area is 264 Å². The zero-order valence-electron chi connectivity index (χ0n) is 24.5. The van der Waals surface area contributed by atoms with Gasteiger partial charge in [0.25, 0.3) is 5.56 Å². The molecule has 0 bridgehead atoms. The minimum Gasteiger partial charge on any atom is -0.491 e. The zero-order valence-corrected chi connectivity index (χ0v) is 26.1.